The van der Waals surface area contributed by atoms with E-state index in [0.29, 0.717) is 0 Å². The zero-order valence-corrected chi connectivity index (χ0v) is 10.5. The highest BCUT2D eigenvalue weighted by atomic mass is 16.5. The minimum atomic E-state index is -0.377. The van der Waals surface area contributed by atoms with E-state index in [4.69, 9.17) is 4.74 Å². The normalized spacial score (nSPS) is 39.7. The summed E-state index contributed by atoms with van der Waals surface area (Å²) >= 11 is 0. The Morgan fingerprint density at radius 1 is 1.62 bits per heavy atom. The Balaban J connectivity index is 2.01. The van der Waals surface area contributed by atoms with Crippen molar-refractivity contribution in [1.29, 1.82) is 0 Å². The SMILES string of the molecule is CCC1(C)NC(C)N(CC2CCCO2)C1=O. The Hall–Kier alpha value is -0.610. The second kappa shape index (κ2) is 4.34. The van der Waals surface area contributed by atoms with Crippen molar-refractivity contribution in [3.8, 4) is 0 Å². The van der Waals surface area contributed by atoms with Crippen molar-refractivity contribution >= 4 is 5.91 Å². The zero-order chi connectivity index (χ0) is 11.8. The Bertz CT molecular complexity index is 276. The third-order valence-electron chi connectivity index (χ3n) is 3.86. The summed E-state index contributed by atoms with van der Waals surface area (Å²) in [6.45, 7) is 7.67. The Labute approximate surface area is 97.3 Å². The van der Waals surface area contributed by atoms with Gasteiger partial charge in [-0.15, -0.1) is 0 Å². The highest BCUT2D eigenvalue weighted by Crippen LogP contribution is 2.25. The summed E-state index contributed by atoms with van der Waals surface area (Å²) in [5.74, 6) is 0.220. The Morgan fingerprint density at radius 2 is 2.38 bits per heavy atom. The van der Waals surface area contributed by atoms with Crippen LogP contribution in [0.25, 0.3) is 0 Å². The molecule has 2 fully saturated rings. The molecule has 0 radical (unpaired) electrons. The molecule has 3 unspecified atom stereocenters. The van der Waals surface area contributed by atoms with E-state index in [2.05, 4.69) is 5.32 Å². The second-order valence-corrected chi connectivity index (χ2v) is 5.10. The monoisotopic (exact) mass is 226 g/mol. The molecule has 2 aliphatic heterocycles. The third-order valence-corrected chi connectivity index (χ3v) is 3.86. The average Bonchev–Trinajstić information content (AvgIpc) is 2.83. The van der Waals surface area contributed by atoms with E-state index >= 15 is 0 Å². The second-order valence-electron chi connectivity index (χ2n) is 5.10. The van der Waals surface area contributed by atoms with Gasteiger partial charge in [0.25, 0.3) is 0 Å². The van der Waals surface area contributed by atoms with Crippen molar-refractivity contribution in [2.45, 2.75) is 57.8 Å². The quantitative estimate of drug-likeness (QED) is 0.784. The molecule has 4 heteroatoms. The molecular weight excluding hydrogens is 204 g/mol. The molecule has 0 bridgehead atoms. The van der Waals surface area contributed by atoms with E-state index in [1.54, 1.807) is 0 Å². The molecule has 0 aromatic heterocycles. The molecule has 1 N–H and O–H groups in total. The molecule has 0 aromatic carbocycles. The van der Waals surface area contributed by atoms with Crippen LogP contribution in [0.4, 0.5) is 0 Å². The topological polar surface area (TPSA) is 41.6 Å². The van der Waals surface area contributed by atoms with Crippen molar-refractivity contribution in [3.63, 3.8) is 0 Å². The molecule has 3 atom stereocenters. The molecule has 92 valence electrons. The van der Waals surface area contributed by atoms with Crippen LogP contribution in [0.5, 0.6) is 0 Å². The Kier molecular flexibility index (Phi) is 3.22. The Morgan fingerprint density at radius 3 is 2.88 bits per heavy atom. The molecule has 1 amide bonds. The highest BCUT2D eigenvalue weighted by Gasteiger charge is 2.45. The van der Waals surface area contributed by atoms with Gasteiger partial charge >= 0.3 is 0 Å². The molecular formula is C12H22N2O2. The van der Waals surface area contributed by atoms with Crippen LogP contribution >= 0.6 is 0 Å². The number of carbonyl (C=O) groups is 1. The standard InChI is InChI=1S/C12H22N2O2/c1-4-12(3)11(15)14(9(2)13-12)8-10-6-5-7-16-10/h9-10,13H,4-8H2,1-3H3. The van der Waals surface area contributed by atoms with Crippen LogP contribution in [0, 0.1) is 0 Å². The van der Waals surface area contributed by atoms with Gasteiger partial charge in [0.2, 0.25) is 5.91 Å². The van der Waals surface area contributed by atoms with Crippen molar-refractivity contribution in [2.75, 3.05) is 13.2 Å². The van der Waals surface area contributed by atoms with Crippen LogP contribution in [-0.2, 0) is 9.53 Å². The van der Waals surface area contributed by atoms with Crippen LogP contribution in [0.3, 0.4) is 0 Å². The van der Waals surface area contributed by atoms with Crippen molar-refractivity contribution in [1.82, 2.24) is 10.2 Å². The van der Waals surface area contributed by atoms with E-state index in [0.717, 1.165) is 32.4 Å². The number of carbonyl (C=O) groups excluding carboxylic acids is 1. The van der Waals surface area contributed by atoms with E-state index < -0.39 is 0 Å². The van der Waals surface area contributed by atoms with Gasteiger partial charge in [-0.05, 0) is 33.1 Å². The lowest BCUT2D eigenvalue weighted by Crippen LogP contribution is -2.43. The molecule has 2 aliphatic rings. The zero-order valence-electron chi connectivity index (χ0n) is 10.5. The fourth-order valence-corrected chi connectivity index (χ4v) is 2.60. The largest absolute Gasteiger partial charge is 0.376 e. The van der Waals surface area contributed by atoms with Gasteiger partial charge in [0.1, 0.15) is 0 Å². The lowest BCUT2D eigenvalue weighted by atomic mass is 9.99. The molecule has 0 saturated carbocycles. The molecule has 0 aliphatic carbocycles. The first kappa shape index (κ1) is 11.9. The van der Waals surface area contributed by atoms with E-state index in [9.17, 15) is 4.79 Å². The molecule has 2 saturated heterocycles. The van der Waals surface area contributed by atoms with Gasteiger partial charge in [-0.2, -0.15) is 0 Å². The van der Waals surface area contributed by atoms with Gasteiger partial charge in [-0.25, -0.2) is 0 Å². The molecule has 2 heterocycles. The van der Waals surface area contributed by atoms with Gasteiger partial charge in [0, 0.05) is 13.2 Å². The van der Waals surface area contributed by atoms with Crippen LogP contribution in [0.1, 0.15) is 40.0 Å². The molecule has 2 rings (SSSR count). The smallest absolute Gasteiger partial charge is 0.243 e. The van der Waals surface area contributed by atoms with Crippen molar-refractivity contribution < 1.29 is 9.53 Å². The fourth-order valence-electron chi connectivity index (χ4n) is 2.60. The predicted molar refractivity (Wildman–Crippen MR) is 62.0 cm³/mol. The summed E-state index contributed by atoms with van der Waals surface area (Å²) in [4.78, 5) is 14.2. The molecule has 0 spiro atoms. The van der Waals surface area contributed by atoms with Crippen LogP contribution in [-0.4, -0.2) is 41.8 Å². The van der Waals surface area contributed by atoms with Gasteiger partial charge < -0.3 is 9.64 Å². The first-order valence-electron chi connectivity index (χ1n) is 6.27. The van der Waals surface area contributed by atoms with Crippen molar-refractivity contribution in [2.24, 2.45) is 0 Å². The maximum absolute atomic E-state index is 12.3. The summed E-state index contributed by atoms with van der Waals surface area (Å²) in [7, 11) is 0. The predicted octanol–water partition coefficient (Wildman–Crippen LogP) is 1.11. The molecule has 16 heavy (non-hydrogen) atoms. The van der Waals surface area contributed by atoms with Gasteiger partial charge in [-0.1, -0.05) is 6.92 Å². The fraction of sp³-hybridized carbons (Fsp3) is 0.917. The van der Waals surface area contributed by atoms with E-state index in [-0.39, 0.29) is 23.7 Å². The lowest BCUT2D eigenvalue weighted by Gasteiger charge is -2.24. The first-order chi connectivity index (χ1) is 7.57. The van der Waals surface area contributed by atoms with E-state index in [1.165, 1.54) is 0 Å². The number of rotatable bonds is 3. The molecule has 0 aromatic rings. The summed E-state index contributed by atoms with van der Waals surface area (Å²) in [6.07, 6.45) is 3.41. The number of amides is 1. The lowest BCUT2D eigenvalue weighted by molar-refractivity contribution is -0.134. The average molecular weight is 226 g/mol. The van der Waals surface area contributed by atoms with Gasteiger partial charge in [0.15, 0.2) is 0 Å². The molecule has 4 nitrogen and oxygen atoms in total. The maximum atomic E-state index is 12.3. The van der Waals surface area contributed by atoms with Crippen LogP contribution in [0.15, 0.2) is 0 Å². The van der Waals surface area contributed by atoms with Gasteiger partial charge in [0.05, 0.1) is 17.8 Å². The summed E-state index contributed by atoms with van der Waals surface area (Å²) in [6, 6.07) is 0. The van der Waals surface area contributed by atoms with Crippen LogP contribution in [0.2, 0.25) is 0 Å². The highest BCUT2D eigenvalue weighted by molar-refractivity contribution is 5.88. The minimum Gasteiger partial charge on any atom is -0.376 e. The number of ether oxygens (including phenoxy) is 1. The maximum Gasteiger partial charge on any atom is 0.243 e. The number of nitrogens with zero attached hydrogens (tertiary/aromatic N) is 1. The number of hydrogen-bond donors (Lipinski definition) is 1. The first-order valence-corrected chi connectivity index (χ1v) is 6.27. The van der Waals surface area contributed by atoms with Gasteiger partial charge in [-0.3, -0.25) is 10.1 Å². The van der Waals surface area contributed by atoms with Crippen LogP contribution < -0.4 is 5.32 Å². The minimum absolute atomic E-state index is 0.127. The number of nitrogens with one attached hydrogen (secondary N) is 1. The summed E-state index contributed by atoms with van der Waals surface area (Å²) in [5.41, 5.74) is -0.377. The third kappa shape index (κ3) is 1.96. The van der Waals surface area contributed by atoms with E-state index in [1.807, 2.05) is 25.7 Å². The summed E-state index contributed by atoms with van der Waals surface area (Å²) < 4.78 is 5.59. The summed E-state index contributed by atoms with van der Waals surface area (Å²) in [5, 5.41) is 3.37. The van der Waals surface area contributed by atoms with Crippen molar-refractivity contribution in [3.05, 3.63) is 0 Å². The number of hydrogen-bond acceptors (Lipinski definition) is 3.